The molecule has 0 spiro atoms. The van der Waals surface area contributed by atoms with Crippen molar-refractivity contribution in [2.75, 3.05) is 0 Å². The van der Waals surface area contributed by atoms with Crippen LogP contribution in [0.3, 0.4) is 0 Å². The van der Waals surface area contributed by atoms with Crippen LogP contribution in [0.2, 0.25) is 0 Å². The van der Waals surface area contributed by atoms with Crippen LogP contribution in [0.1, 0.15) is 12.5 Å². The highest BCUT2D eigenvalue weighted by atomic mass is 16.6. The minimum absolute atomic E-state index is 0.0227. The van der Waals surface area contributed by atoms with Crippen molar-refractivity contribution in [3.8, 4) is 0 Å². The summed E-state index contributed by atoms with van der Waals surface area (Å²) in [7, 11) is 0. The van der Waals surface area contributed by atoms with Crippen LogP contribution in [0.4, 0.5) is 5.69 Å². The monoisotopic (exact) mass is 177 g/mol. The summed E-state index contributed by atoms with van der Waals surface area (Å²) < 4.78 is 0. The molecule has 0 saturated carbocycles. The molecule has 0 N–H and O–H groups in total. The molecule has 66 valence electrons. The van der Waals surface area contributed by atoms with Gasteiger partial charge in [0.15, 0.2) is 0 Å². The minimum Gasteiger partial charge on any atom is -0.361 e. The Balaban J connectivity index is 3.07. The molecule has 0 aromatic heterocycles. The summed E-state index contributed by atoms with van der Waals surface area (Å²) in [4.78, 5) is 12.8. The number of hydrogen-bond donors (Lipinski definition) is 0. The van der Waals surface area contributed by atoms with Crippen molar-refractivity contribution >= 4 is 11.4 Å². The lowest BCUT2D eigenvalue weighted by molar-refractivity contribution is -0.384. The van der Waals surface area contributed by atoms with Gasteiger partial charge in [0.05, 0.1) is 10.5 Å². The fourth-order valence-corrected chi connectivity index (χ4v) is 0.882. The second-order valence-corrected chi connectivity index (χ2v) is 2.49. The number of benzene rings is 1. The highest BCUT2D eigenvalue weighted by molar-refractivity contribution is 5.94. The van der Waals surface area contributed by atoms with Crippen LogP contribution in [0.5, 0.6) is 0 Å². The van der Waals surface area contributed by atoms with Crippen LogP contribution in [0, 0.1) is 10.1 Å². The van der Waals surface area contributed by atoms with Crippen LogP contribution < -0.4 is 0 Å². The third-order valence-corrected chi connectivity index (χ3v) is 1.65. The van der Waals surface area contributed by atoms with Gasteiger partial charge >= 0.3 is 0 Å². The Bertz CT molecular complexity index is 377. The largest absolute Gasteiger partial charge is 0.361 e. The van der Waals surface area contributed by atoms with E-state index in [0.717, 1.165) is 0 Å². The maximum absolute atomic E-state index is 10.3. The zero-order chi connectivity index (χ0) is 9.84. The average molecular weight is 177 g/mol. The molecule has 0 aliphatic carbocycles. The van der Waals surface area contributed by atoms with Crippen molar-refractivity contribution in [1.82, 2.24) is 0 Å². The molecule has 1 aromatic rings. The Hall–Kier alpha value is -2.00. The molecule has 13 heavy (non-hydrogen) atoms. The summed E-state index contributed by atoms with van der Waals surface area (Å²) in [5, 5.41) is 10.3. The summed E-state index contributed by atoms with van der Waals surface area (Å²) in [5.74, 6) is 0. The summed E-state index contributed by atoms with van der Waals surface area (Å²) in [6, 6.07) is 5.80. The van der Waals surface area contributed by atoms with Gasteiger partial charge in [-0.15, -0.1) is 0 Å². The van der Waals surface area contributed by atoms with Gasteiger partial charge in [-0.2, -0.15) is 4.79 Å². The first-order chi connectivity index (χ1) is 6.15. The zero-order valence-corrected chi connectivity index (χ0v) is 6.97. The molecule has 5 nitrogen and oxygen atoms in total. The molecule has 0 saturated heterocycles. The van der Waals surface area contributed by atoms with Crippen molar-refractivity contribution in [2.24, 2.45) is 0 Å². The van der Waals surface area contributed by atoms with Gasteiger partial charge in [0.25, 0.3) is 11.4 Å². The number of hydrogen-bond acceptors (Lipinski definition) is 2. The van der Waals surface area contributed by atoms with Crippen LogP contribution in [-0.4, -0.2) is 15.4 Å². The van der Waals surface area contributed by atoms with E-state index in [1.165, 1.54) is 24.3 Å². The number of rotatable bonds is 2. The summed E-state index contributed by atoms with van der Waals surface area (Å²) >= 11 is 0. The summed E-state index contributed by atoms with van der Waals surface area (Å²) in [6.45, 7) is 1.61. The van der Waals surface area contributed by atoms with Crippen LogP contribution in [-0.2, 0) is 0 Å². The van der Waals surface area contributed by atoms with Crippen molar-refractivity contribution in [2.45, 2.75) is 6.92 Å². The Kier molecular flexibility index (Phi) is 2.52. The van der Waals surface area contributed by atoms with Gasteiger partial charge in [-0.3, -0.25) is 10.1 Å². The van der Waals surface area contributed by atoms with Crippen LogP contribution in [0.15, 0.2) is 24.3 Å². The van der Waals surface area contributed by atoms with Gasteiger partial charge in [0, 0.05) is 19.1 Å². The predicted octanol–water partition coefficient (Wildman–Crippen LogP) is 1.63. The molecule has 0 aliphatic heterocycles. The van der Waals surface area contributed by atoms with Crippen molar-refractivity contribution in [1.29, 1.82) is 0 Å². The summed E-state index contributed by atoms with van der Waals surface area (Å²) in [6.07, 6.45) is 0. The lowest BCUT2D eigenvalue weighted by atomic mass is 10.1. The lowest BCUT2D eigenvalue weighted by Gasteiger charge is -1.91. The molecule has 0 radical (unpaired) electrons. The number of nitro benzene ring substituents is 1. The maximum Gasteiger partial charge on any atom is 0.296 e. The molecule has 0 amide bonds. The van der Waals surface area contributed by atoms with Crippen molar-refractivity contribution < 1.29 is 9.71 Å². The lowest BCUT2D eigenvalue weighted by Crippen LogP contribution is -1.95. The van der Waals surface area contributed by atoms with E-state index in [-0.39, 0.29) is 5.69 Å². The average Bonchev–Trinajstić information content (AvgIpc) is 2.17. The Morgan fingerprint density at radius 1 is 1.46 bits per heavy atom. The molecule has 0 fully saturated rings. The molecular weight excluding hydrogens is 170 g/mol. The normalized spacial score (nSPS) is 9.00. The highest BCUT2D eigenvalue weighted by Gasteiger charge is 2.08. The van der Waals surface area contributed by atoms with E-state index in [2.05, 4.69) is 4.79 Å². The summed E-state index contributed by atoms with van der Waals surface area (Å²) in [5.41, 5.74) is 9.53. The topological polar surface area (TPSA) is 79.5 Å². The molecule has 0 bridgehead atoms. The van der Waals surface area contributed by atoms with E-state index in [9.17, 15) is 10.1 Å². The van der Waals surface area contributed by atoms with E-state index in [0.29, 0.717) is 11.3 Å². The fourth-order valence-electron chi connectivity index (χ4n) is 0.882. The highest BCUT2D eigenvalue weighted by Crippen LogP contribution is 2.11. The van der Waals surface area contributed by atoms with Crippen molar-refractivity contribution in [3.63, 3.8) is 0 Å². The van der Waals surface area contributed by atoms with E-state index in [1.54, 1.807) is 6.92 Å². The standard InChI is InChI=1S/C8H7N3O2/c1-6(10-9)7-2-4-8(5-3-7)11(12)13/h2-5H,1H3. The number of non-ortho nitro benzene ring substituents is 1. The second kappa shape index (κ2) is 3.60. The molecule has 0 aliphatic rings. The first-order valence-electron chi connectivity index (χ1n) is 3.58. The van der Waals surface area contributed by atoms with Gasteiger partial charge in [-0.1, -0.05) is 0 Å². The molecule has 0 heterocycles. The molecule has 0 atom stereocenters. The smallest absolute Gasteiger partial charge is 0.296 e. The fraction of sp³-hybridized carbons (Fsp3) is 0.125. The molecule has 0 unspecified atom stereocenters. The molecule has 5 heteroatoms. The first-order valence-corrected chi connectivity index (χ1v) is 3.58. The van der Waals surface area contributed by atoms with Gasteiger partial charge in [-0.25, -0.2) is 0 Å². The van der Waals surface area contributed by atoms with Crippen molar-refractivity contribution in [3.05, 3.63) is 45.5 Å². The molecule has 1 rings (SSSR count). The second-order valence-electron chi connectivity index (χ2n) is 2.49. The maximum atomic E-state index is 10.3. The third-order valence-electron chi connectivity index (χ3n) is 1.65. The zero-order valence-electron chi connectivity index (χ0n) is 6.97. The minimum atomic E-state index is -0.477. The Morgan fingerprint density at radius 2 is 2.00 bits per heavy atom. The van der Waals surface area contributed by atoms with E-state index in [1.807, 2.05) is 0 Å². The van der Waals surface area contributed by atoms with Gasteiger partial charge in [0.1, 0.15) is 0 Å². The SMILES string of the molecule is CC(=[N+]=[N-])c1ccc([N+](=O)[O-])cc1. The van der Waals surface area contributed by atoms with Crippen LogP contribution in [0.25, 0.3) is 5.53 Å². The number of nitro groups is 1. The number of nitrogens with zero attached hydrogens (tertiary/aromatic N) is 3. The van der Waals surface area contributed by atoms with Crippen LogP contribution >= 0.6 is 0 Å². The van der Waals surface area contributed by atoms with E-state index in [4.69, 9.17) is 5.53 Å². The Morgan fingerprint density at radius 3 is 2.38 bits per heavy atom. The van der Waals surface area contributed by atoms with E-state index >= 15 is 0 Å². The third kappa shape index (κ3) is 1.98. The first kappa shape index (κ1) is 9.09. The van der Waals surface area contributed by atoms with E-state index < -0.39 is 4.92 Å². The molecular formula is C8H7N3O2. The quantitative estimate of drug-likeness (QED) is 0.226. The van der Waals surface area contributed by atoms with Gasteiger partial charge < -0.3 is 5.53 Å². The Labute approximate surface area is 74.4 Å². The predicted molar refractivity (Wildman–Crippen MR) is 46.5 cm³/mol. The van der Waals surface area contributed by atoms with Gasteiger partial charge in [0.2, 0.25) is 0 Å². The van der Waals surface area contributed by atoms with Gasteiger partial charge in [-0.05, 0) is 12.1 Å². The molecule has 1 aromatic carbocycles.